The molecule has 0 spiro atoms. The molecule has 1 aromatic heterocycles. The molecule has 7 heteroatoms. The molecule has 1 aromatic rings. The number of nitrogens with one attached hydrogen (secondary N) is 1. The lowest BCUT2D eigenvalue weighted by atomic mass is 9.97. The summed E-state index contributed by atoms with van der Waals surface area (Å²) in [5, 5.41) is 13.3. The molecule has 1 unspecified atom stereocenters. The molecule has 28 heavy (non-hydrogen) atoms. The Kier molecular flexibility index (Phi) is 9.62. The second-order valence-corrected chi connectivity index (χ2v) is 9.45. The van der Waals surface area contributed by atoms with Crippen molar-refractivity contribution >= 4 is 17.7 Å². The second kappa shape index (κ2) is 11.7. The maximum absolute atomic E-state index is 4.91. The second-order valence-electron chi connectivity index (χ2n) is 8.68. The van der Waals surface area contributed by atoms with Gasteiger partial charge in [0.15, 0.2) is 11.1 Å². The normalized spacial score (nSPS) is 17.9. The van der Waals surface area contributed by atoms with Gasteiger partial charge in [-0.1, -0.05) is 39.5 Å². The third-order valence-corrected chi connectivity index (χ3v) is 5.74. The predicted octanol–water partition coefficient (Wildman–Crippen LogP) is 3.92. The lowest BCUT2D eigenvalue weighted by Crippen LogP contribution is -2.40. The molecular weight excluding hydrogens is 368 g/mol. The fraction of sp³-hybridized carbons (Fsp3) is 0.857. The van der Waals surface area contributed by atoms with E-state index < -0.39 is 0 Å². The van der Waals surface area contributed by atoms with Crippen LogP contribution in [0.2, 0.25) is 0 Å². The van der Waals surface area contributed by atoms with Gasteiger partial charge in [-0.15, -0.1) is 10.2 Å². The zero-order valence-corrected chi connectivity index (χ0v) is 19.6. The molecule has 0 aromatic carbocycles. The van der Waals surface area contributed by atoms with Gasteiger partial charge in [0.1, 0.15) is 5.82 Å². The molecule has 0 radical (unpaired) electrons. The molecule has 0 bridgehead atoms. The predicted molar refractivity (Wildman–Crippen MR) is 120 cm³/mol. The average molecular weight is 409 g/mol. The summed E-state index contributed by atoms with van der Waals surface area (Å²) < 4.78 is 2.28. The van der Waals surface area contributed by atoms with Crippen LogP contribution in [0, 0.1) is 17.8 Å². The first-order valence-corrected chi connectivity index (χ1v) is 12.2. The quantitative estimate of drug-likeness (QED) is 0.275. The molecule has 1 fully saturated rings. The Morgan fingerprint density at radius 2 is 2.04 bits per heavy atom. The SMILES string of the molecule is CCNC(=NCCCc1nnc(SC)n1CC(C)C)N1CCC(CC(C)C)C1. The van der Waals surface area contributed by atoms with E-state index in [2.05, 4.69) is 65.9 Å². The number of likely N-dealkylation sites (tertiary alicyclic amines) is 1. The molecule has 1 atom stereocenters. The van der Waals surface area contributed by atoms with E-state index in [9.17, 15) is 0 Å². The van der Waals surface area contributed by atoms with E-state index in [0.29, 0.717) is 5.92 Å². The molecule has 1 saturated heterocycles. The highest BCUT2D eigenvalue weighted by molar-refractivity contribution is 7.98. The fourth-order valence-electron chi connectivity index (χ4n) is 3.94. The van der Waals surface area contributed by atoms with Crippen LogP contribution in [0.25, 0.3) is 0 Å². The molecule has 1 N–H and O–H groups in total. The average Bonchev–Trinajstić information content (AvgIpc) is 3.24. The monoisotopic (exact) mass is 408 g/mol. The largest absolute Gasteiger partial charge is 0.357 e. The van der Waals surface area contributed by atoms with E-state index in [1.807, 2.05) is 0 Å². The Bertz CT molecular complexity index is 610. The summed E-state index contributed by atoms with van der Waals surface area (Å²) in [7, 11) is 0. The van der Waals surface area contributed by atoms with Gasteiger partial charge in [0.25, 0.3) is 0 Å². The van der Waals surface area contributed by atoms with E-state index in [1.54, 1.807) is 11.8 Å². The number of aryl methyl sites for hydroxylation is 1. The van der Waals surface area contributed by atoms with Gasteiger partial charge >= 0.3 is 0 Å². The maximum Gasteiger partial charge on any atom is 0.193 e. The van der Waals surface area contributed by atoms with Gasteiger partial charge < -0.3 is 14.8 Å². The zero-order valence-electron chi connectivity index (χ0n) is 18.7. The third-order valence-electron chi connectivity index (χ3n) is 5.07. The Balaban J connectivity index is 1.90. The first kappa shape index (κ1) is 23.0. The van der Waals surface area contributed by atoms with Crippen molar-refractivity contribution in [3.05, 3.63) is 5.82 Å². The lowest BCUT2D eigenvalue weighted by Gasteiger charge is -2.22. The Labute approximate surface area is 176 Å². The molecule has 0 aliphatic carbocycles. The van der Waals surface area contributed by atoms with Crippen molar-refractivity contribution in [2.24, 2.45) is 22.7 Å². The minimum Gasteiger partial charge on any atom is -0.357 e. The number of hydrogen-bond donors (Lipinski definition) is 1. The van der Waals surface area contributed by atoms with Gasteiger partial charge in [-0.3, -0.25) is 4.99 Å². The summed E-state index contributed by atoms with van der Waals surface area (Å²) in [5.74, 6) is 4.36. The molecule has 0 amide bonds. The molecule has 2 rings (SSSR count). The topological polar surface area (TPSA) is 58.3 Å². The zero-order chi connectivity index (χ0) is 20.5. The highest BCUT2D eigenvalue weighted by atomic mass is 32.2. The number of nitrogens with zero attached hydrogens (tertiary/aromatic N) is 5. The highest BCUT2D eigenvalue weighted by Crippen LogP contribution is 2.23. The summed E-state index contributed by atoms with van der Waals surface area (Å²) >= 11 is 1.68. The molecule has 1 aliphatic rings. The maximum atomic E-state index is 4.91. The summed E-state index contributed by atoms with van der Waals surface area (Å²) in [6.45, 7) is 16.3. The summed E-state index contributed by atoms with van der Waals surface area (Å²) in [5.41, 5.74) is 0. The number of hydrogen-bond acceptors (Lipinski definition) is 4. The number of aliphatic imine (C=N–C) groups is 1. The van der Waals surface area contributed by atoms with Crippen molar-refractivity contribution < 1.29 is 0 Å². The third kappa shape index (κ3) is 6.98. The van der Waals surface area contributed by atoms with Crippen molar-refractivity contribution in [3.63, 3.8) is 0 Å². The van der Waals surface area contributed by atoms with Gasteiger partial charge in [-0.05, 0) is 50.2 Å². The van der Waals surface area contributed by atoms with Crippen LogP contribution in [-0.2, 0) is 13.0 Å². The van der Waals surface area contributed by atoms with Crippen LogP contribution < -0.4 is 5.32 Å². The van der Waals surface area contributed by atoms with Gasteiger partial charge in [0.2, 0.25) is 0 Å². The first-order valence-electron chi connectivity index (χ1n) is 10.9. The van der Waals surface area contributed by atoms with Crippen LogP contribution in [0.4, 0.5) is 0 Å². The highest BCUT2D eigenvalue weighted by Gasteiger charge is 2.25. The molecule has 0 saturated carbocycles. The minimum atomic E-state index is 0.591. The van der Waals surface area contributed by atoms with E-state index in [0.717, 1.165) is 74.3 Å². The van der Waals surface area contributed by atoms with Crippen LogP contribution in [0.1, 0.15) is 59.7 Å². The van der Waals surface area contributed by atoms with Crippen molar-refractivity contribution in [1.29, 1.82) is 0 Å². The van der Waals surface area contributed by atoms with Crippen molar-refractivity contribution in [2.75, 3.05) is 32.4 Å². The van der Waals surface area contributed by atoms with Crippen LogP contribution in [0.15, 0.2) is 10.1 Å². The van der Waals surface area contributed by atoms with Gasteiger partial charge in [-0.25, -0.2) is 0 Å². The van der Waals surface area contributed by atoms with E-state index >= 15 is 0 Å². The number of guanidine groups is 1. The minimum absolute atomic E-state index is 0.591. The van der Waals surface area contributed by atoms with Crippen molar-refractivity contribution in [1.82, 2.24) is 25.0 Å². The first-order chi connectivity index (χ1) is 13.4. The molecule has 160 valence electrons. The summed E-state index contributed by atoms with van der Waals surface area (Å²) in [4.78, 5) is 7.36. The Hall–Kier alpha value is -1.24. The van der Waals surface area contributed by atoms with E-state index in [4.69, 9.17) is 4.99 Å². The standard InChI is InChI=1S/C21H40N6S/c1-7-22-20(26-12-10-18(15-26)13-16(2)3)23-11-8-9-19-24-25-21(28-6)27(19)14-17(4)5/h16-18H,7-15H2,1-6H3,(H,22,23). The molecular formula is C21H40N6S. The lowest BCUT2D eigenvalue weighted by molar-refractivity contribution is 0.403. The van der Waals surface area contributed by atoms with Crippen molar-refractivity contribution in [2.45, 2.75) is 72.0 Å². The van der Waals surface area contributed by atoms with Gasteiger partial charge in [0.05, 0.1) is 0 Å². The summed E-state index contributed by atoms with van der Waals surface area (Å²) in [6, 6.07) is 0. The Morgan fingerprint density at radius 3 is 2.68 bits per heavy atom. The molecule has 6 nitrogen and oxygen atoms in total. The van der Waals surface area contributed by atoms with Gasteiger partial charge in [0, 0.05) is 39.1 Å². The van der Waals surface area contributed by atoms with Crippen LogP contribution in [0.3, 0.4) is 0 Å². The number of aromatic nitrogens is 3. The van der Waals surface area contributed by atoms with Crippen LogP contribution in [0.5, 0.6) is 0 Å². The number of rotatable bonds is 10. The van der Waals surface area contributed by atoms with Crippen molar-refractivity contribution in [3.8, 4) is 0 Å². The van der Waals surface area contributed by atoms with Crippen LogP contribution in [-0.4, -0.2) is 58.1 Å². The molecule has 2 heterocycles. The van der Waals surface area contributed by atoms with E-state index in [-0.39, 0.29) is 0 Å². The van der Waals surface area contributed by atoms with Gasteiger partial charge in [-0.2, -0.15) is 0 Å². The van der Waals surface area contributed by atoms with E-state index in [1.165, 1.54) is 12.8 Å². The Morgan fingerprint density at radius 1 is 1.25 bits per heavy atom. The molecule has 1 aliphatic heterocycles. The smallest absolute Gasteiger partial charge is 0.193 e. The fourth-order valence-corrected chi connectivity index (χ4v) is 4.46. The van der Waals surface area contributed by atoms with Crippen LogP contribution >= 0.6 is 11.8 Å². The summed E-state index contributed by atoms with van der Waals surface area (Å²) in [6.07, 6.45) is 6.61. The number of thioether (sulfide) groups is 1.